The summed E-state index contributed by atoms with van der Waals surface area (Å²) < 4.78 is 10.9. The van der Waals surface area contributed by atoms with E-state index in [2.05, 4.69) is 42.1 Å². The number of nitrogens with zero attached hydrogens (tertiary/aromatic N) is 2. The van der Waals surface area contributed by atoms with Gasteiger partial charge in [0.05, 0.1) is 13.1 Å². The normalized spacial score (nSPS) is 13.3. The largest absolute Gasteiger partial charge is 0.370 e. The Morgan fingerprint density at radius 3 is 2.78 bits per heavy atom. The minimum absolute atomic E-state index is 0.0800. The second-order valence-corrected chi connectivity index (χ2v) is 5.06. The third-order valence-corrected chi connectivity index (χ3v) is 2.34. The Bertz CT molecular complexity index is 401. The molecule has 0 aromatic carbocycles. The van der Waals surface area contributed by atoms with Gasteiger partial charge in [0.25, 0.3) is 0 Å². The van der Waals surface area contributed by atoms with Crippen molar-refractivity contribution in [1.82, 2.24) is 15.5 Å². The lowest BCUT2D eigenvalue weighted by Gasteiger charge is -2.27. The smallest absolute Gasteiger partial charge is 0.240 e. The summed E-state index contributed by atoms with van der Waals surface area (Å²) in [6, 6.07) is 0. The molecule has 18 heavy (non-hydrogen) atoms. The first-order chi connectivity index (χ1) is 8.49. The molecular weight excluding hydrogens is 230 g/mol. The Morgan fingerprint density at radius 2 is 2.22 bits per heavy atom. The first-order valence-electron chi connectivity index (χ1n) is 6.07. The summed E-state index contributed by atoms with van der Waals surface area (Å²) in [5.74, 6) is 3.59. The van der Waals surface area contributed by atoms with Gasteiger partial charge in [-0.1, -0.05) is 31.8 Å². The highest BCUT2D eigenvalue weighted by Gasteiger charge is 2.31. The lowest BCUT2D eigenvalue weighted by atomic mass is 9.88. The van der Waals surface area contributed by atoms with Crippen LogP contribution < -0.4 is 5.32 Å². The minimum atomic E-state index is -0.173. The summed E-state index contributed by atoms with van der Waals surface area (Å²) in [5.41, 5.74) is -0.0800. The van der Waals surface area contributed by atoms with Gasteiger partial charge in [-0.05, 0) is 12.3 Å². The first-order valence-corrected chi connectivity index (χ1v) is 6.07. The highest BCUT2D eigenvalue weighted by Crippen LogP contribution is 2.34. The molecule has 1 atom stereocenters. The van der Waals surface area contributed by atoms with Crippen LogP contribution in [0, 0.1) is 17.8 Å². The van der Waals surface area contributed by atoms with Crippen LogP contribution in [0.1, 0.15) is 45.5 Å². The van der Waals surface area contributed by atoms with Crippen LogP contribution in [0.3, 0.4) is 0 Å². The fourth-order valence-corrected chi connectivity index (χ4v) is 1.57. The molecule has 0 saturated heterocycles. The van der Waals surface area contributed by atoms with E-state index in [1.54, 1.807) is 0 Å². The molecule has 5 nitrogen and oxygen atoms in total. The third-order valence-electron chi connectivity index (χ3n) is 2.34. The molecule has 0 amide bonds. The predicted octanol–water partition coefficient (Wildman–Crippen LogP) is 1.92. The predicted molar refractivity (Wildman–Crippen MR) is 68.7 cm³/mol. The second kappa shape index (κ2) is 6.53. The van der Waals surface area contributed by atoms with E-state index in [0.717, 1.165) is 0 Å². The van der Waals surface area contributed by atoms with Gasteiger partial charge in [-0.25, -0.2) is 0 Å². The SMILES string of the molecule is C#CCNCc1nc(C(OCC)C(C)(C)C)no1. The van der Waals surface area contributed by atoms with Crippen LogP contribution in [-0.4, -0.2) is 23.3 Å². The van der Waals surface area contributed by atoms with E-state index in [-0.39, 0.29) is 11.5 Å². The number of hydrogen-bond acceptors (Lipinski definition) is 5. The van der Waals surface area contributed by atoms with Crippen molar-refractivity contribution in [3.8, 4) is 12.3 Å². The van der Waals surface area contributed by atoms with Crippen LogP contribution in [0.5, 0.6) is 0 Å². The zero-order chi connectivity index (χ0) is 13.6. The maximum Gasteiger partial charge on any atom is 0.240 e. The van der Waals surface area contributed by atoms with E-state index in [9.17, 15) is 0 Å². The number of rotatable bonds is 6. The van der Waals surface area contributed by atoms with Crippen LogP contribution in [-0.2, 0) is 11.3 Å². The Morgan fingerprint density at radius 1 is 1.50 bits per heavy atom. The molecule has 0 spiro atoms. The van der Waals surface area contributed by atoms with Gasteiger partial charge in [-0.2, -0.15) is 4.98 Å². The van der Waals surface area contributed by atoms with Crippen molar-refractivity contribution >= 4 is 0 Å². The second-order valence-electron chi connectivity index (χ2n) is 5.06. The molecule has 0 aliphatic rings. The molecule has 0 aliphatic heterocycles. The van der Waals surface area contributed by atoms with E-state index in [4.69, 9.17) is 15.7 Å². The van der Waals surface area contributed by atoms with Gasteiger partial charge >= 0.3 is 0 Å². The summed E-state index contributed by atoms with van der Waals surface area (Å²) in [4.78, 5) is 4.33. The third kappa shape index (κ3) is 4.13. The molecule has 1 N–H and O–H groups in total. The number of hydrogen-bond donors (Lipinski definition) is 1. The van der Waals surface area contributed by atoms with Gasteiger partial charge in [-0.15, -0.1) is 6.42 Å². The van der Waals surface area contributed by atoms with Crippen molar-refractivity contribution < 1.29 is 9.26 Å². The van der Waals surface area contributed by atoms with Crippen LogP contribution in [0.25, 0.3) is 0 Å². The first kappa shape index (κ1) is 14.7. The van der Waals surface area contributed by atoms with Crippen LogP contribution in [0.2, 0.25) is 0 Å². The number of aromatic nitrogens is 2. The Kier molecular flexibility index (Phi) is 5.32. The summed E-state index contributed by atoms with van der Waals surface area (Å²) in [7, 11) is 0. The molecule has 100 valence electrons. The van der Waals surface area contributed by atoms with Gasteiger partial charge in [0.1, 0.15) is 6.10 Å². The highest BCUT2D eigenvalue weighted by atomic mass is 16.5. The fraction of sp³-hybridized carbons (Fsp3) is 0.692. The van der Waals surface area contributed by atoms with E-state index in [0.29, 0.717) is 31.4 Å². The van der Waals surface area contributed by atoms with E-state index >= 15 is 0 Å². The lowest BCUT2D eigenvalue weighted by Crippen LogP contribution is -2.22. The topological polar surface area (TPSA) is 60.2 Å². The number of nitrogens with one attached hydrogen (secondary N) is 1. The average molecular weight is 251 g/mol. The molecule has 0 bridgehead atoms. The zero-order valence-corrected chi connectivity index (χ0v) is 11.5. The van der Waals surface area contributed by atoms with Crippen LogP contribution in [0.4, 0.5) is 0 Å². The van der Waals surface area contributed by atoms with E-state index in [1.807, 2.05) is 6.92 Å². The maximum absolute atomic E-state index is 5.69. The van der Waals surface area contributed by atoms with Crippen LogP contribution in [0.15, 0.2) is 4.52 Å². The Balaban J connectivity index is 2.72. The minimum Gasteiger partial charge on any atom is -0.370 e. The Labute approximate surface area is 108 Å². The lowest BCUT2D eigenvalue weighted by molar-refractivity contribution is -0.0203. The molecule has 0 fully saturated rings. The number of terminal acetylenes is 1. The van der Waals surface area contributed by atoms with Crippen LogP contribution >= 0.6 is 0 Å². The molecule has 1 rings (SSSR count). The van der Waals surface area contributed by atoms with Crippen molar-refractivity contribution in [1.29, 1.82) is 0 Å². The van der Waals surface area contributed by atoms with Crippen molar-refractivity contribution in [2.45, 2.75) is 40.3 Å². The van der Waals surface area contributed by atoms with E-state index in [1.165, 1.54) is 0 Å². The molecule has 0 aliphatic carbocycles. The van der Waals surface area contributed by atoms with Crippen molar-refractivity contribution in [3.63, 3.8) is 0 Å². The maximum atomic E-state index is 5.69. The summed E-state index contributed by atoms with van der Waals surface area (Å²) in [5, 5.41) is 6.98. The van der Waals surface area contributed by atoms with Gasteiger partial charge < -0.3 is 9.26 Å². The van der Waals surface area contributed by atoms with Gasteiger partial charge in [0.2, 0.25) is 11.7 Å². The summed E-state index contributed by atoms with van der Waals surface area (Å²) in [6.07, 6.45) is 4.97. The quantitative estimate of drug-likeness (QED) is 0.618. The molecule has 0 saturated carbocycles. The molecule has 1 aromatic rings. The summed E-state index contributed by atoms with van der Waals surface area (Å²) in [6.45, 7) is 9.77. The van der Waals surface area contributed by atoms with E-state index < -0.39 is 0 Å². The van der Waals surface area contributed by atoms with Crippen molar-refractivity contribution in [3.05, 3.63) is 11.7 Å². The molecule has 5 heteroatoms. The molecule has 1 heterocycles. The monoisotopic (exact) mass is 251 g/mol. The van der Waals surface area contributed by atoms with Gasteiger partial charge in [0, 0.05) is 6.61 Å². The van der Waals surface area contributed by atoms with Crippen molar-refractivity contribution in [2.75, 3.05) is 13.2 Å². The van der Waals surface area contributed by atoms with Gasteiger partial charge in [0.15, 0.2) is 0 Å². The molecule has 1 aromatic heterocycles. The van der Waals surface area contributed by atoms with Gasteiger partial charge in [-0.3, -0.25) is 5.32 Å². The molecule has 0 radical (unpaired) electrons. The highest BCUT2D eigenvalue weighted by molar-refractivity contribution is 4.97. The Hall–Kier alpha value is -1.38. The standard InChI is InChI=1S/C13H21N3O2/c1-6-8-14-9-10-15-12(16-18-10)11(17-7-2)13(3,4)5/h1,11,14H,7-9H2,2-5H3. The average Bonchev–Trinajstić information content (AvgIpc) is 2.73. The zero-order valence-electron chi connectivity index (χ0n) is 11.5. The number of ether oxygens (including phenoxy) is 1. The molecular formula is C13H21N3O2. The summed E-state index contributed by atoms with van der Waals surface area (Å²) >= 11 is 0. The van der Waals surface area contributed by atoms with Crippen molar-refractivity contribution in [2.24, 2.45) is 5.41 Å². The molecule has 1 unspecified atom stereocenters. The fourth-order valence-electron chi connectivity index (χ4n) is 1.57.